The largest absolute Gasteiger partial charge is 0.310 e. The highest BCUT2D eigenvalue weighted by molar-refractivity contribution is 9.10. The minimum atomic E-state index is -0.478. The third-order valence-corrected chi connectivity index (χ3v) is 9.27. The number of halogens is 1. The smallest absolute Gasteiger partial charge is 0.0714 e. The molecular formula is C41H28BrN. The Balaban J connectivity index is 1.46. The van der Waals surface area contributed by atoms with E-state index in [1.54, 1.807) is 0 Å². The summed E-state index contributed by atoms with van der Waals surface area (Å²) in [5, 5.41) is 2.45. The summed E-state index contributed by atoms with van der Waals surface area (Å²) in [6, 6.07) is 61.7. The summed E-state index contributed by atoms with van der Waals surface area (Å²) in [6.07, 6.45) is 0. The molecule has 8 rings (SSSR count). The quantitative estimate of drug-likeness (QED) is 0.186. The molecule has 0 fully saturated rings. The number of benzene rings is 7. The SMILES string of the molecule is Brc1ccc2c(c1)C(c1ccccc1)(c1ccccc1)c1cc(N(c3ccccc3)c3cccc4ccccc34)ccc1-2. The molecule has 0 radical (unpaired) electrons. The number of fused-ring (bicyclic) bond motifs is 4. The number of hydrogen-bond acceptors (Lipinski definition) is 1. The summed E-state index contributed by atoms with van der Waals surface area (Å²) in [6.45, 7) is 0. The van der Waals surface area contributed by atoms with E-state index in [1.807, 2.05) is 0 Å². The van der Waals surface area contributed by atoms with Crippen LogP contribution in [-0.2, 0) is 5.41 Å². The van der Waals surface area contributed by atoms with Gasteiger partial charge in [0.05, 0.1) is 11.1 Å². The number of anilines is 3. The second-order valence-corrected chi connectivity index (χ2v) is 12.0. The summed E-state index contributed by atoms with van der Waals surface area (Å²) in [4.78, 5) is 2.41. The van der Waals surface area contributed by atoms with Crippen molar-refractivity contribution in [3.05, 3.63) is 197 Å². The van der Waals surface area contributed by atoms with Gasteiger partial charge >= 0.3 is 0 Å². The summed E-state index contributed by atoms with van der Waals surface area (Å²) < 4.78 is 1.08. The molecule has 0 aromatic heterocycles. The summed E-state index contributed by atoms with van der Waals surface area (Å²) in [5.74, 6) is 0. The molecule has 2 heteroatoms. The summed E-state index contributed by atoms with van der Waals surface area (Å²) in [7, 11) is 0. The van der Waals surface area contributed by atoms with Gasteiger partial charge in [-0.1, -0.05) is 143 Å². The molecule has 0 saturated carbocycles. The van der Waals surface area contributed by atoms with Gasteiger partial charge in [-0.05, 0) is 81.2 Å². The van der Waals surface area contributed by atoms with Crippen LogP contribution >= 0.6 is 15.9 Å². The maximum Gasteiger partial charge on any atom is 0.0714 e. The fourth-order valence-electron chi connectivity index (χ4n) is 7.00. The zero-order valence-electron chi connectivity index (χ0n) is 23.5. The molecule has 1 aliphatic carbocycles. The van der Waals surface area contributed by atoms with E-state index >= 15 is 0 Å². The van der Waals surface area contributed by atoms with Crippen molar-refractivity contribution >= 4 is 43.8 Å². The lowest BCUT2D eigenvalue weighted by Gasteiger charge is -2.35. The lowest BCUT2D eigenvalue weighted by atomic mass is 9.67. The number of nitrogens with zero attached hydrogens (tertiary/aromatic N) is 1. The normalized spacial score (nSPS) is 13.0. The van der Waals surface area contributed by atoms with Gasteiger partial charge in [0.15, 0.2) is 0 Å². The van der Waals surface area contributed by atoms with Gasteiger partial charge in [0.2, 0.25) is 0 Å². The Morgan fingerprint density at radius 1 is 0.442 bits per heavy atom. The molecule has 0 bridgehead atoms. The number of hydrogen-bond donors (Lipinski definition) is 0. The zero-order chi connectivity index (χ0) is 28.8. The lowest BCUT2D eigenvalue weighted by molar-refractivity contribution is 0.768. The lowest BCUT2D eigenvalue weighted by Crippen LogP contribution is -2.28. The van der Waals surface area contributed by atoms with Crippen molar-refractivity contribution in [2.24, 2.45) is 0 Å². The van der Waals surface area contributed by atoms with Gasteiger partial charge in [-0.25, -0.2) is 0 Å². The first-order chi connectivity index (χ1) is 21.2. The average molecular weight is 615 g/mol. The van der Waals surface area contributed by atoms with Crippen LogP contribution in [0.4, 0.5) is 17.1 Å². The molecule has 0 unspecified atom stereocenters. The van der Waals surface area contributed by atoms with Crippen LogP contribution in [0, 0.1) is 0 Å². The molecule has 1 aliphatic rings. The average Bonchev–Trinajstić information content (AvgIpc) is 3.36. The van der Waals surface area contributed by atoms with Gasteiger partial charge in [0.25, 0.3) is 0 Å². The Kier molecular flexibility index (Phi) is 6.24. The maximum absolute atomic E-state index is 3.82. The second-order valence-electron chi connectivity index (χ2n) is 11.1. The molecule has 0 spiro atoms. The highest BCUT2D eigenvalue weighted by Crippen LogP contribution is 2.57. The molecule has 0 atom stereocenters. The van der Waals surface area contributed by atoms with Crippen molar-refractivity contribution < 1.29 is 0 Å². The van der Waals surface area contributed by atoms with E-state index in [-0.39, 0.29) is 0 Å². The standard InChI is InChI=1S/C41H28BrN/c42-32-23-25-36-37-26-24-34(43(33-19-8-3-9-20-33)40-22-12-14-29-13-10-11-21-35(29)40)28-39(37)41(38(36)27-32,30-15-4-1-5-16-30)31-17-6-2-7-18-31/h1-28H. The minimum absolute atomic E-state index is 0.478. The van der Waals surface area contributed by atoms with Gasteiger partial charge in [-0.2, -0.15) is 0 Å². The summed E-state index contributed by atoms with van der Waals surface area (Å²) >= 11 is 3.82. The van der Waals surface area contributed by atoms with E-state index < -0.39 is 5.41 Å². The Morgan fingerprint density at radius 3 is 1.70 bits per heavy atom. The Morgan fingerprint density at radius 2 is 1.00 bits per heavy atom. The molecular weight excluding hydrogens is 586 g/mol. The van der Waals surface area contributed by atoms with E-state index in [1.165, 1.54) is 44.2 Å². The highest BCUT2D eigenvalue weighted by atomic mass is 79.9. The van der Waals surface area contributed by atoms with Crippen LogP contribution in [0.1, 0.15) is 22.3 Å². The molecule has 204 valence electrons. The van der Waals surface area contributed by atoms with Crippen LogP contribution in [0.2, 0.25) is 0 Å². The van der Waals surface area contributed by atoms with Gasteiger partial charge < -0.3 is 4.90 Å². The van der Waals surface area contributed by atoms with Gasteiger partial charge in [-0.15, -0.1) is 0 Å². The van der Waals surface area contributed by atoms with E-state index in [0.29, 0.717) is 0 Å². The van der Waals surface area contributed by atoms with Crippen molar-refractivity contribution in [1.29, 1.82) is 0 Å². The predicted molar refractivity (Wildman–Crippen MR) is 184 cm³/mol. The van der Waals surface area contributed by atoms with Crippen LogP contribution in [-0.4, -0.2) is 0 Å². The van der Waals surface area contributed by atoms with Crippen molar-refractivity contribution in [2.45, 2.75) is 5.41 Å². The molecule has 1 nitrogen and oxygen atoms in total. The number of rotatable bonds is 5. The van der Waals surface area contributed by atoms with Crippen molar-refractivity contribution in [3.63, 3.8) is 0 Å². The molecule has 7 aromatic rings. The van der Waals surface area contributed by atoms with E-state index in [2.05, 4.69) is 191 Å². The first-order valence-corrected chi connectivity index (χ1v) is 15.4. The molecule has 7 aromatic carbocycles. The predicted octanol–water partition coefficient (Wildman–Crippen LogP) is 11.4. The van der Waals surface area contributed by atoms with E-state index in [4.69, 9.17) is 0 Å². The Hall–Kier alpha value is -4.92. The van der Waals surface area contributed by atoms with Crippen LogP contribution < -0.4 is 4.90 Å². The molecule has 0 heterocycles. The van der Waals surface area contributed by atoms with Gasteiger partial charge in [0, 0.05) is 21.2 Å². The third-order valence-electron chi connectivity index (χ3n) is 8.78. The van der Waals surface area contributed by atoms with Gasteiger partial charge in [-0.3, -0.25) is 0 Å². The van der Waals surface area contributed by atoms with Crippen molar-refractivity contribution in [3.8, 4) is 11.1 Å². The topological polar surface area (TPSA) is 3.24 Å². The minimum Gasteiger partial charge on any atom is -0.310 e. The van der Waals surface area contributed by atoms with Crippen molar-refractivity contribution in [2.75, 3.05) is 4.90 Å². The van der Waals surface area contributed by atoms with Crippen LogP contribution in [0.15, 0.2) is 174 Å². The van der Waals surface area contributed by atoms with Crippen molar-refractivity contribution in [1.82, 2.24) is 0 Å². The molecule has 0 N–H and O–H groups in total. The van der Waals surface area contributed by atoms with E-state index in [0.717, 1.165) is 21.5 Å². The second kappa shape index (κ2) is 10.4. The highest BCUT2D eigenvalue weighted by Gasteiger charge is 2.46. The van der Waals surface area contributed by atoms with Gasteiger partial charge in [0.1, 0.15) is 0 Å². The maximum atomic E-state index is 3.82. The molecule has 0 aliphatic heterocycles. The first kappa shape index (κ1) is 25.8. The Bertz CT molecular complexity index is 2040. The van der Waals surface area contributed by atoms with Crippen LogP contribution in [0.3, 0.4) is 0 Å². The van der Waals surface area contributed by atoms with E-state index in [9.17, 15) is 0 Å². The monoisotopic (exact) mass is 613 g/mol. The van der Waals surface area contributed by atoms with Crippen LogP contribution in [0.5, 0.6) is 0 Å². The fraction of sp³-hybridized carbons (Fsp3) is 0.0244. The molecule has 0 saturated heterocycles. The number of para-hydroxylation sites is 1. The molecule has 0 amide bonds. The Labute approximate surface area is 260 Å². The fourth-order valence-corrected chi connectivity index (χ4v) is 7.36. The summed E-state index contributed by atoms with van der Waals surface area (Å²) in [5.41, 5.74) is 10.6. The third kappa shape index (κ3) is 4.06. The first-order valence-electron chi connectivity index (χ1n) is 14.6. The van der Waals surface area contributed by atoms with Crippen LogP contribution in [0.25, 0.3) is 21.9 Å². The molecule has 43 heavy (non-hydrogen) atoms. The zero-order valence-corrected chi connectivity index (χ0v) is 25.1.